The molecule has 3 aromatic rings. The van der Waals surface area contributed by atoms with Gasteiger partial charge in [0.05, 0.1) is 18.4 Å². The van der Waals surface area contributed by atoms with Gasteiger partial charge in [0.25, 0.3) is 10.0 Å². The Labute approximate surface area is 242 Å². The van der Waals surface area contributed by atoms with Crippen LogP contribution in [-0.2, 0) is 27.5 Å². The van der Waals surface area contributed by atoms with Crippen LogP contribution in [0.1, 0.15) is 16.7 Å². The lowest BCUT2D eigenvalue weighted by Crippen LogP contribution is -2.51. The van der Waals surface area contributed by atoms with Gasteiger partial charge < -0.3 is 19.1 Å². The van der Waals surface area contributed by atoms with E-state index < -0.39 is 34.2 Å². The quantitative estimate of drug-likeness (QED) is 0.379. The Bertz CT molecular complexity index is 1570. The fourth-order valence-corrected chi connectivity index (χ4v) is 6.58. The molecular weight excluding hydrogens is 575 g/mol. The third-order valence-electron chi connectivity index (χ3n) is 7.20. The van der Waals surface area contributed by atoms with Crippen LogP contribution in [0, 0.1) is 6.92 Å². The SMILES string of the molecule is COc1ccc(C)cc1S(=O)(=O)N(CC(=O)N1CCN(Cc2ccc3c(c2)OCO3)CC1)c1cccc(C(F)(F)F)c1. The summed E-state index contributed by atoms with van der Waals surface area (Å²) >= 11 is 0. The van der Waals surface area contributed by atoms with Crippen molar-refractivity contribution in [1.29, 1.82) is 0 Å². The zero-order chi connectivity index (χ0) is 30.1. The van der Waals surface area contributed by atoms with Crippen LogP contribution in [0.4, 0.5) is 18.9 Å². The van der Waals surface area contributed by atoms with E-state index in [4.69, 9.17) is 14.2 Å². The number of piperazine rings is 1. The van der Waals surface area contributed by atoms with E-state index in [2.05, 4.69) is 4.90 Å². The highest BCUT2D eigenvalue weighted by atomic mass is 32.2. The van der Waals surface area contributed by atoms with Crippen molar-refractivity contribution in [2.45, 2.75) is 24.5 Å². The average molecular weight is 606 g/mol. The number of sulfonamides is 1. The molecule has 1 fully saturated rings. The molecule has 3 aromatic carbocycles. The number of hydrogen-bond donors (Lipinski definition) is 0. The Kier molecular flexibility index (Phi) is 8.24. The van der Waals surface area contributed by atoms with Crippen molar-refractivity contribution in [1.82, 2.24) is 9.80 Å². The molecule has 2 heterocycles. The highest BCUT2D eigenvalue weighted by Gasteiger charge is 2.35. The maximum absolute atomic E-state index is 13.9. The van der Waals surface area contributed by atoms with Crippen LogP contribution in [0.3, 0.4) is 0 Å². The number of fused-ring (bicyclic) bond motifs is 1. The second kappa shape index (κ2) is 11.7. The third-order valence-corrected chi connectivity index (χ3v) is 8.99. The monoisotopic (exact) mass is 605 g/mol. The molecule has 0 atom stereocenters. The number of carbonyl (C=O) groups excluding carboxylic acids is 1. The first-order valence-electron chi connectivity index (χ1n) is 13.2. The number of benzene rings is 3. The van der Waals surface area contributed by atoms with E-state index in [-0.39, 0.29) is 23.1 Å². The number of aryl methyl sites for hydroxylation is 1. The third kappa shape index (κ3) is 6.26. The smallest absolute Gasteiger partial charge is 0.416 e. The van der Waals surface area contributed by atoms with Gasteiger partial charge in [0.15, 0.2) is 11.5 Å². The molecule has 0 spiro atoms. The van der Waals surface area contributed by atoms with Crippen LogP contribution < -0.4 is 18.5 Å². The van der Waals surface area contributed by atoms with Gasteiger partial charge in [0.1, 0.15) is 17.2 Å². The summed E-state index contributed by atoms with van der Waals surface area (Å²) in [5, 5.41) is 0. The van der Waals surface area contributed by atoms with Gasteiger partial charge in [-0.1, -0.05) is 18.2 Å². The topological polar surface area (TPSA) is 88.6 Å². The van der Waals surface area contributed by atoms with Gasteiger partial charge in [-0.15, -0.1) is 0 Å². The molecule has 0 N–H and O–H groups in total. The second-order valence-electron chi connectivity index (χ2n) is 10.1. The molecule has 1 saturated heterocycles. The zero-order valence-electron chi connectivity index (χ0n) is 23.1. The number of methoxy groups -OCH3 is 1. The molecule has 0 aliphatic carbocycles. The summed E-state index contributed by atoms with van der Waals surface area (Å²) < 4.78 is 85.3. The highest BCUT2D eigenvalue weighted by molar-refractivity contribution is 7.93. The predicted molar refractivity (Wildman–Crippen MR) is 148 cm³/mol. The number of alkyl halides is 3. The number of rotatable bonds is 8. The number of hydrogen-bond acceptors (Lipinski definition) is 7. The van der Waals surface area contributed by atoms with Crippen LogP contribution in [0.25, 0.3) is 0 Å². The van der Waals surface area contributed by atoms with E-state index in [1.807, 2.05) is 18.2 Å². The number of ether oxygens (including phenoxy) is 3. The standard InChI is InChI=1S/C29H30F3N3O6S/c1-20-6-8-25(39-2)27(14-20)42(37,38)35(23-5-3-4-22(16-23)29(30,31)32)18-28(36)34-12-10-33(11-13-34)17-21-7-9-24-26(15-21)41-19-40-24/h3-9,14-16H,10-13,17-19H2,1-2H3. The first-order valence-corrected chi connectivity index (χ1v) is 14.6. The Morgan fingerprint density at radius 2 is 1.71 bits per heavy atom. The Morgan fingerprint density at radius 3 is 2.43 bits per heavy atom. The highest BCUT2D eigenvalue weighted by Crippen LogP contribution is 2.36. The van der Waals surface area contributed by atoms with Crippen LogP contribution in [-0.4, -0.2) is 70.8 Å². The summed E-state index contributed by atoms with van der Waals surface area (Å²) in [6, 6.07) is 14.1. The molecule has 5 rings (SSSR count). The van der Waals surface area contributed by atoms with Gasteiger partial charge in [-0.3, -0.25) is 14.0 Å². The van der Waals surface area contributed by atoms with Gasteiger partial charge >= 0.3 is 6.18 Å². The van der Waals surface area contributed by atoms with Crippen molar-refractivity contribution in [2.75, 3.05) is 50.9 Å². The predicted octanol–water partition coefficient (Wildman–Crippen LogP) is 4.29. The van der Waals surface area contributed by atoms with E-state index in [1.54, 1.807) is 13.0 Å². The number of amides is 1. The van der Waals surface area contributed by atoms with Gasteiger partial charge in [0, 0.05) is 32.7 Å². The fraction of sp³-hybridized carbons (Fsp3) is 0.345. The lowest BCUT2D eigenvalue weighted by molar-refractivity contribution is -0.137. The van der Waals surface area contributed by atoms with Crippen molar-refractivity contribution in [3.05, 3.63) is 77.4 Å². The molecule has 0 radical (unpaired) electrons. The van der Waals surface area contributed by atoms with Crippen molar-refractivity contribution in [2.24, 2.45) is 0 Å². The van der Waals surface area contributed by atoms with Crippen LogP contribution in [0.2, 0.25) is 0 Å². The zero-order valence-corrected chi connectivity index (χ0v) is 23.9. The van der Waals surface area contributed by atoms with Crippen molar-refractivity contribution >= 4 is 21.6 Å². The summed E-state index contributed by atoms with van der Waals surface area (Å²) in [4.78, 5) is 16.9. The largest absolute Gasteiger partial charge is 0.495 e. The molecule has 42 heavy (non-hydrogen) atoms. The van der Waals surface area contributed by atoms with Gasteiger partial charge in [-0.2, -0.15) is 13.2 Å². The molecule has 0 aromatic heterocycles. The molecule has 2 aliphatic heterocycles. The first kappa shape index (κ1) is 29.5. The molecule has 13 heteroatoms. The summed E-state index contributed by atoms with van der Waals surface area (Å²) in [6.45, 7) is 3.52. The lowest BCUT2D eigenvalue weighted by atomic mass is 10.1. The average Bonchev–Trinajstić information content (AvgIpc) is 3.44. The number of halogens is 3. The van der Waals surface area contributed by atoms with Crippen LogP contribution >= 0.6 is 0 Å². The Balaban J connectivity index is 1.36. The fourth-order valence-electron chi connectivity index (χ4n) is 4.93. The van der Waals surface area contributed by atoms with E-state index in [9.17, 15) is 26.4 Å². The van der Waals surface area contributed by atoms with E-state index in [1.165, 1.54) is 30.2 Å². The minimum Gasteiger partial charge on any atom is -0.495 e. The van der Waals surface area contributed by atoms with E-state index >= 15 is 0 Å². The van der Waals surface area contributed by atoms with Crippen molar-refractivity contribution in [3.8, 4) is 17.2 Å². The minimum atomic E-state index is -4.70. The van der Waals surface area contributed by atoms with Crippen LogP contribution in [0.15, 0.2) is 65.6 Å². The minimum absolute atomic E-state index is 0.0159. The Hall–Kier alpha value is -3.97. The maximum atomic E-state index is 13.9. The molecule has 0 bridgehead atoms. The van der Waals surface area contributed by atoms with Gasteiger partial charge in [-0.05, 0) is 60.5 Å². The normalized spacial score (nSPS) is 15.5. The number of anilines is 1. The summed E-state index contributed by atoms with van der Waals surface area (Å²) in [7, 11) is -3.21. The summed E-state index contributed by atoms with van der Waals surface area (Å²) in [5.41, 5.74) is 0.320. The van der Waals surface area contributed by atoms with E-state index in [0.717, 1.165) is 28.1 Å². The lowest BCUT2D eigenvalue weighted by Gasteiger charge is -2.36. The maximum Gasteiger partial charge on any atom is 0.416 e. The molecular formula is C29H30F3N3O6S. The molecule has 0 saturated carbocycles. The van der Waals surface area contributed by atoms with Crippen LogP contribution in [0.5, 0.6) is 17.2 Å². The molecule has 2 aliphatic rings. The molecule has 1 amide bonds. The van der Waals surface area contributed by atoms with Crippen molar-refractivity contribution < 1.29 is 40.6 Å². The molecule has 9 nitrogen and oxygen atoms in total. The van der Waals surface area contributed by atoms with Gasteiger partial charge in [-0.25, -0.2) is 8.42 Å². The van der Waals surface area contributed by atoms with Gasteiger partial charge in [0.2, 0.25) is 12.7 Å². The second-order valence-corrected chi connectivity index (χ2v) is 11.9. The van der Waals surface area contributed by atoms with Crippen molar-refractivity contribution in [3.63, 3.8) is 0 Å². The summed E-state index contributed by atoms with van der Waals surface area (Å²) in [5.74, 6) is 0.868. The number of nitrogens with zero attached hydrogens (tertiary/aromatic N) is 3. The van der Waals surface area contributed by atoms with E-state index in [0.29, 0.717) is 49.8 Å². The first-order chi connectivity index (χ1) is 20.0. The Morgan fingerprint density at radius 1 is 0.976 bits per heavy atom. The number of carbonyl (C=O) groups is 1. The molecule has 224 valence electrons. The summed E-state index contributed by atoms with van der Waals surface area (Å²) in [6.07, 6.45) is -4.70. The molecule has 0 unspecified atom stereocenters.